The van der Waals surface area contributed by atoms with Crippen molar-refractivity contribution in [2.24, 2.45) is 0 Å². The summed E-state index contributed by atoms with van der Waals surface area (Å²) in [5, 5.41) is 12.0. The first-order chi connectivity index (χ1) is 17.7. The number of nitro groups is 1. The van der Waals surface area contributed by atoms with Crippen molar-refractivity contribution in [1.29, 1.82) is 0 Å². The number of nitrogens with one attached hydrogen (secondary N) is 1. The Morgan fingerprint density at radius 1 is 1.16 bits per heavy atom. The third kappa shape index (κ3) is 5.09. The van der Waals surface area contributed by atoms with E-state index in [2.05, 4.69) is 5.32 Å². The van der Waals surface area contributed by atoms with Gasteiger partial charge in [0.1, 0.15) is 18.1 Å². The maximum absolute atomic E-state index is 13.0. The maximum atomic E-state index is 13.0. The lowest BCUT2D eigenvalue weighted by molar-refractivity contribution is -0.384. The number of fused-ring (bicyclic) bond motifs is 1. The molecule has 2 unspecified atom stereocenters. The Balaban J connectivity index is 1.46. The van der Waals surface area contributed by atoms with Gasteiger partial charge in [0.2, 0.25) is 10.3 Å². The molecule has 1 N–H and O–H groups in total. The molecular weight excluding hydrogens is 506 g/mol. The summed E-state index contributed by atoms with van der Waals surface area (Å²) >= 11 is -2.07. The maximum Gasteiger partial charge on any atom is 0.356 e. The summed E-state index contributed by atoms with van der Waals surface area (Å²) < 4.78 is 23.6. The number of non-ortho nitro benzene ring substituents is 1. The number of para-hydroxylation sites is 1. The summed E-state index contributed by atoms with van der Waals surface area (Å²) in [6.07, 6.45) is 0. The standard InChI is InChI=1S/C24H19N3O9S/c1-14-18(11-28)37(34)23-20(25-19(29)13-35-17-5-3-2-4-6-17)22(30)26(23)21(14)24(31)36-12-15-7-9-16(10-8-15)27(32)33/h2-10,20,23H,12-13H2,1H3,(H,25,29)/t20?,23-,37?/m0/s1. The number of allylic oxidation sites excluding steroid dienone is 1. The van der Waals surface area contributed by atoms with Gasteiger partial charge < -0.3 is 19.3 Å². The van der Waals surface area contributed by atoms with Crippen molar-refractivity contribution in [2.75, 3.05) is 6.61 Å². The van der Waals surface area contributed by atoms with Crippen molar-refractivity contribution in [1.82, 2.24) is 10.2 Å². The molecule has 0 radical (unpaired) electrons. The summed E-state index contributed by atoms with van der Waals surface area (Å²) in [6, 6.07) is 12.5. The second-order valence-electron chi connectivity index (χ2n) is 7.95. The minimum atomic E-state index is -2.07. The van der Waals surface area contributed by atoms with Crippen LogP contribution in [0.3, 0.4) is 0 Å². The van der Waals surface area contributed by atoms with Crippen LogP contribution in [0, 0.1) is 10.1 Å². The molecule has 0 saturated carbocycles. The van der Waals surface area contributed by atoms with Crippen LogP contribution in [-0.4, -0.2) is 56.1 Å². The monoisotopic (exact) mass is 525 g/mol. The Kier molecular flexibility index (Phi) is 7.39. The molecule has 0 aromatic heterocycles. The normalized spacial score (nSPS) is 20.4. The highest BCUT2D eigenvalue weighted by molar-refractivity contribution is 7.96. The van der Waals surface area contributed by atoms with Gasteiger partial charge in [-0.2, -0.15) is 0 Å². The number of carbonyl (C=O) groups is 3. The average molecular weight is 525 g/mol. The number of ether oxygens (including phenoxy) is 2. The van der Waals surface area contributed by atoms with E-state index < -0.39 is 51.9 Å². The molecule has 190 valence electrons. The Bertz CT molecular complexity index is 1340. The van der Waals surface area contributed by atoms with Crippen LogP contribution in [0.2, 0.25) is 0 Å². The molecule has 1 saturated heterocycles. The summed E-state index contributed by atoms with van der Waals surface area (Å²) in [4.78, 5) is 60.6. The topological polar surface area (TPSA) is 168 Å². The molecule has 37 heavy (non-hydrogen) atoms. The van der Waals surface area contributed by atoms with Gasteiger partial charge in [0.25, 0.3) is 17.5 Å². The highest BCUT2D eigenvalue weighted by Crippen LogP contribution is 2.41. The highest BCUT2D eigenvalue weighted by Gasteiger charge is 2.62. The van der Waals surface area contributed by atoms with Crippen LogP contribution in [0.4, 0.5) is 5.69 Å². The van der Waals surface area contributed by atoms with Crippen molar-refractivity contribution in [3.8, 4) is 5.75 Å². The van der Waals surface area contributed by atoms with Crippen LogP contribution in [0.25, 0.3) is 0 Å². The quantitative estimate of drug-likeness (QED) is 0.133. The van der Waals surface area contributed by atoms with E-state index in [1.54, 1.807) is 36.3 Å². The molecule has 2 heterocycles. The largest absolute Gasteiger partial charge is 0.609 e. The summed E-state index contributed by atoms with van der Waals surface area (Å²) in [5.41, 5.74) is -0.0251. The predicted octanol–water partition coefficient (Wildman–Crippen LogP) is 1.12. The zero-order chi connectivity index (χ0) is 26.7. The third-order valence-corrected chi connectivity index (χ3v) is 7.35. The first-order valence-electron chi connectivity index (χ1n) is 10.8. The van der Waals surface area contributed by atoms with Gasteiger partial charge in [-0.15, -0.1) is 0 Å². The van der Waals surface area contributed by atoms with Crippen LogP contribution in [0.15, 0.2) is 70.8 Å². The minimum Gasteiger partial charge on any atom is -0.609 e. The van der Waals surface area contributed by atoms with E-state index in [4.69, 9.17) is 9.47 Å². The van der Waals surface area contributed by atoms with Gasteiger partial charge in [0, 0.05) is 28.9 Å². The first kappa shape index (κ1) is 25.6. The molecule has 13 heteroatoms. The van der Waals surface area contributed by atoms with E-state index in [0.29, 0.717) is 11.3 Å². The van der Waals surface area contributed by atoms with Crippen molar-refractivity contribution < 1.29 is 38.1 Å². The van der Waals surface area contributed by atoms with Gasteiger partial charge >= 0.3 is 5.97 Å². The van der Waals surface area contributed by atoms with Gasteiger partial charge in [0.15, 0.2) is 18.6 Å². The molecule has 3 atom stereocenters. The van der Waals surface area contributed by atoms with Crippen LogP contribution < -0.4 is 10.1 Å². The van der Waals surface area contributed by atoms with E-state index in [-0.39, 0.29) is 28.5 Å². The third-order valence-electron chi connectivity index (χ3n) is 5.63. The fourth-order valence-corrected chi connectivity index (χ4v) is 5.35. The van der Waals surface area contributed by atoms with Gasteiger partial charge in [0.05, 0.1) is 4.92 Å². The fourth-order valence-electron chi connectivity index (χ4n) is 3.79. The zero-order valence-electron chi connectivity index (χ0n) is 19.2. The van der Waals surface area contributed by atoms with Crippen LogP contribution >= 0.6 is 0 Å². The minimum absolute atomic E-state index is 0.0381. The SMILES string of the molecule is CC1=C(C(=O)OCc2ccc([N+](=O)[O-])cc2)N2C(=O)C(NC(=O)COc3ccccc3)[C@@H]2[S+]([O-])C1=C=O. The second-order valence-corrected chi connectivity index (χ2v) is 9.43. The lowest BCUT2D eigenvalue weighted by atomic mass is 10.0. The van der Waals surface area contributed by atoms with E-state index in [1.807, 2.05) is 0 Å². The van der Waals surface area contributed by atoms with E-state index in [1.165, 1.54) is 31.2 Å². The molecule has 0 aliphatic carbocycles. The molecule has 2 amide bonds. The number of amides is 2. The Morgan fingerprint density at radius 2 is 1.84 bits per heavy atom. The van der Waals surface area contributed by atoms with Gasteiger partial charge in [-0.25, -0.2) is 9.59 Å². The number of hydrogen-bond acceptors (Lipinski definition) is 9. The second kappa shape index (κ2) is 10.7. The number of carbonyl (C=O) groups excluding carboxylic acids is 4. The lowest BCUT2D eigenvalue weighted by Gasteiger charge is -2.48. The lowest BCUT2D eigenvalue weighted by Crippen LogP contribution is -2.74. The fraction of sp³-hybridized carbons (Fsp3) is 0.208. The zero-order valence-corrected chi connectivity index (χ0v) is 20.1. The molecule has 2 aromatic rings. The Labute approximate surface area is 212 Å². The van der Waals surface area contributed by atoms with Crippen LogP contribution in [-0.2, 0) is 41.7 Å². The predicted molar refractivity (Wildman–Crippen MR) is 127 cm³/mol. The number of rotatable bonds is 8. The number of β-lactam (4-membered cyclic amide) rings is 1. The van der Waals surface area contributed by atoms with Crippen molar-refractivity contribution in [3.05, 3.63) is 86.5 Å². The van der Waals surface area contributed by atoms with Crippen LogP contribution in [0.5, 0.6) is 5.75 Å². The number of nitro benzene ring substituents is 1. The van der Waals surface area contributed by atoms with Crippen molar-refractivity contribution in [2.45, 2.75) is 24.9 Å². The van der Waals surface area contributed by atoms with E-state index in [0.717, 1.165) is 4.90 Å². The Morgan fingerprint density at radius 3 is 2.46 bits per heavy atom. The molecule has 4 rings (SSSR count). The van der Waals surface area contributed by atoms with Gasteiger partial charge in [-0.1, -0.05) is 18.2 Å². The molecule has 1 fully saturated rings. The van der Waals surface area contributed by atoms with Crippen molar-refractivity contribution >= 4 is 40.6 Å². The number of nitrogens with zero attached hydrogens (tertiary/aromatic N) is 2. The van der Waals surface area contributed by atoms with Crippen molar-refractivity contribution in [3.63, 3.8) is 0 Å². The van der Waals surface area contributed by atoms with Gasteiger partial charge in [-0.05, 0) is 36.8 Å². The smallest absolute Gasteiger partial charge is 0.356 e. The van der Waals surface area contributed by atoms with Crippen LogP contribution in [0.1, 0.15) is 12.5 Å². The Hall–Kier alpha value is -4.45. The number of hydrogen-bond donors (Lipinski definition) is 1. The average Bonchev–Trinajstić information content (AvgIpc) is 2.90. The first-order valence-corrected chi connectivity index (χ1v) is 12.0. The molecule has 0 bridgehead atoms. The summed E-state index contributed by atoms with van der Waals surface area (Å²) in [5.74, 6) is -0.355. The summed E-state index contributed by atoms with van der Waals surface area (Å²) in [6.45, 7) is 0.646. The molecular formula is C24H19N3O9S. The molecule has 2 aliphatic heterocycles. The molecule has 12 nitrogen and oxygen atoms in total. The summed E-state index contributed by atoms with van der Waals surface area (Å²) in [7, 11) is 0. The number of esters is 1. The molecule has 0 spiro atoms. The van der Waals surface area contributed by atoms with E-state index >= 15 is 0 Å². The van der Waals surface area contributed by atoms with E-state index in [9.17, 15) is 33.8 Å². The van der Waals surface area contributed by atoms with Gasteiger partial charge in [-0.3, -0.25) is 24.6 Å². The molecule has 2 aromatic carbocycles. The molecule has 2 aliphatic rings. The number of benzene rings is 2. The highest BCUT2D eigenvalue weighted by atomic mass is 32.2.